The molecular formula is C27H41ClFN5O3. The molecule has 8 nitrogen and oxygen atoms in total. The number of amides is 1. The highest BCUT2D eigenvalue weighted by atomic mass is 35.5. The molecule has 0 aliphatic carbocycles. The normalized spacial score (nSPS) is 14.3. The van der Waals surface area contributed by atoms with Gasteiger partial charge in [-0.1, -0.05) is 31.5 Å². The number of carbonyl (C=O) groups is 1. The largest absolute Gasteiger partial charge is 0.393 e. The summed E-state index contributed by atoms with van der Waals surface area (Å²) >= 11 is 6.42. The Morgan fingerprint density at radius 2 is 1.78 bits per heavy atom. The lowest BCUT2D eigenvalue weighted by Crippen LogP contribution is -2.35. The molecule has 0 unspecified atom stereocenters. The molecule has 0 bridgehead atoms. The molecule has 2 heterocycles. The van der Waals surface area contributed by atoms with Crippen LogP contribution >= 0.6 is 11.6 Å². The topological polar surface area (TPSA) is 81.4 Å². The Hall–Kier alpha value is -2.91. The highest BCUT2D eigenvalue weighted by molar-refractivity contribution is 6.36. The number of aromatic nitrogens is 3. The number of piperidine rings is 1. The van der Waals surface area contributed by atoms with Crippen LogP contribution in [0.1, 0.15) is 53.3 Å². The first kappa shape index (κ1) is 32.1. The van der Waals surface area contributed by atoms with Gasteiger partial charge in [0.1, 0.15) is 5.82 Å². The zero-order chi connectivity index (χ0) is 27.8. The van der Waals surface area contributed by atoms with E-state index in [1.165, 1.54) is 33.5 Å². The number of ether oxygens (including phenoxy) is 1. The number of nitrogens with zero attached hydrogens (tertiary/aromatic N) is 4. The van der Waals surface area contributed by atoms with Crippen molar-refractivity contribution in [2.24, 2.45) is 5.92 Å². The maximum Gasteiger partial charge on any atom is 0.350 e. The standard InChI is InChI=1S/C21H25ClFN5O2.C4H10O.C2H6/c1-3-18(19(22)12-24-2)20-25-27(13-15-8-10-26(14-29)11-9-15)21(30)28(20)17-6-4-16(23)5-7-17;1-3-5-4-2;1-2/h3-7,12,14-15,24H,8-11,13H2,1-2H3;3-4H2,1-2H3;1-2H3/b18-3+,19-12+;;. The Balaban J connectivity index is 0.000000874. The first-order valence-electron chi connectivity index (χ1n) is 12.8. The van der Waals surface area contributed by atoms with Gasteiger partial charge in [-0.2, -0.15) is 0 Å². The molecule has 0 atom stereocenters. The summed E-state index contributed by atoms with van der Waals surface area (Å²) in [6.07, 6.45) is 5.87. The van der Waals surface area contributed by atoms with E-state index in [1.807, 2.05) is 34.6 Å². The lowest BCUT2D eigenvalue weighted by molar-refractivity contribution is -0.119. The van der Waals surface area contributed by atoms with Crippen molar-refractivity contribution in [1.29, 1.82) is 0 Å². The van der Waals surface area contributed by atoms with E-state index in [1.54, 1.807) is 24.2 Å². The van der Waals surface area contributed by atoms with Crippen LogP contribution in [0.25, 0.3) is 11.3 Å². The minimum atomic E-state index is -0.387. The lowest BCUT2D eigenvalue weighted by Gasteiger charge is -2.28. The Morgan fingerprint density at radius 1 is 1.19 bits per heavy atom. The van der Waals surface area contributed by atoms with Crippen LogP contribution in [-0.2, 0) is 16.1 Å². The number of likely N-dealkylation sites (tertiary alicyclic amines) is 1. The Kier molecular flexibility index (Phi) is 15.2. The van der Waals surface area contributed by atoms with Crippen molar-refractivity contribution in [1.82, 2.24) is 24.6 Å². The van der Waals surface area contributed by atoms with E-state index in [0.29, 0.717) is 41.8 Å². The van der Waals surface area contributed by atoms with E-state index in [0.717, 1.165) is 32.5 Å². The fourth-order valence-corrected chi connectivity index (χ4v) is 4.09. The van der Waals surface area contributed by atoms with Gasteiger partial charge in [-0.15, -0.1) is 5.10 Å². The maximum atomic E-state index is 13.4. The second kappa shape index (κ2) is 17.5. The van der Waals surface area contributed by atoms with Crippen molar-refractivity contribution in [3.8, 4) is 5.69 Å². The van der Waals surface area contributed by atoms with Gasteiger partial charge in [-0.05, 0) is 63.8 Å². The molecule has 1 N–H and O–H groups in total. The van der Waals surface area contributed by atoms with Gasteiger partial charge in [-0.3, -0.25) is 4.79 Å². The highest BCUT2D eigenvalue weighted by Crippen LogP contribution is 2.26. The van der Waals surface area contributed by atoms with Crippen LogP contribution < -0.4 is 11.0 Å². The van der Waals surface area contributed by atoms with Crippen LogP contribution in [0, 0.1) is 11.7 Å². The zero-order valence-corrected chi connectivity index (χ0v) is 23.6. The van der Waals surface area contributed by atoms with E-state index in [-0.39, 0.29) is 17.4 Å². The molecule has 10 heteroatoms. The Bertz CT molecular complexity index is 1050. The number of benzene rings is 1. The molecule has 3 rings (SSSR count). The molecule has 1 aromatic carbocycles. The van der Waals surface area contributed by atoms with Crippen LogP contribution in [-0.4, -0.2) is 59.0 Å². The maximum absolute atomic E-state index is 13.4. The molecule has 1 fully saturated rings. The van der Waals surface area contributed by atoms with Crippen molar-refractivity contribution in [3.05, 3.63) is 63.7 Å². The number of carbonyl (C=O) groups excluding carboxylic acids is 1. The SMILES string of the molecule is C/C=C(\C(Cl)=C/NC)c1nn(CC2CCN(C=O)CC2)c(=O)n1-c1ccc(F)cc1.CC.CCOCC. The van der Waals surface area contributed by atoms with Crippen LogP contribution in [0.3, 0.4) is 0 Å². The smallest absolute Gasteiger partial charge is 0.350 e. The van der Waals surface area contributed by atoms with Crippen molar-refractivity contribution >= 4 is 23.6 Å². The third-order valence-corrected chi connectivity index (χ3v) is 5.93. The van der Waals surface area contributed by atoms with Gasteiger partial charge < -0.3 is 15.0 Å². The van der Waals surface area contributed by atoms with Gasteiger partial charge in [0, 0.05) is 51.7 Å². The van der Waals surface area contributed by atoms with E-state index in [2.05, 4.69) is 10.4 Å². The number of rotatable bonds is 9. The van der Waals surface area contributed by atoms with Crippen LogP contribution in [0.15, 0.2) is 46.4 Å². The summed E-state index contributed by atoms with van der Waals surface area (Å²) in [6.45, 7) is 13.3. The average Bonchev–Trinajstić information content (AvgIpc) is 3.23. The van der Waals surface area contributed by atoms with E-state index < -0.39 is 0 Å². The van der Waals surface area contributed by atoms with Crippen molar-refractivity contribution in [2.75, 3.05) is 33.4 Å². The van der Waals surface area contributed by atoms with Gasteiger partial charge in [0.05, 0.1) is 10.7 Å². The first-order chi connectivity index (χ1) is 17.9. The number of allylic oxidation sites excluding steroid dienone is 3. The summed E-state index contributed by atoms with van der Waals surface area (Å²) in [4.78, 5) is 25.9. The van der Waals surface area contributed by atoms with Gasteiger partial charge in [0.25, 0.3) is 0 Å². The fraction of sp³-hybridized carbons (Fsp3) is 0.519. The van der Waals surface area contributed by atoms with E-state index in [9.17, 15) is 14.0 Å². The molecule has 1 aromatic heterocycles. The monoisotopic (exact) mass is 537 g/mol. The first-order valence-corrected chi connectivity index (χ1v) is 13.2. The van der Waals surface area contributed by atoms with Crippen LogP contribution in [0.5, 0.6) is 0 Å². The molecule has 0 radical (unpaired) electrons. The quantitative estimate of drug-likeness (QED) is 0.366. The predicted octanol–water partition coefficient (Wildman–Crippen LogP) is 4.81. The summed E-state index contributed by atoms with van der Waals surface area (Å²) in [5, 5.41) is 7.86. The third-order valence-electron chi connectivity index (χ3n) is 5.62. The molecule has 1 aliphatic rings. The van der Waals surface area contributed by atoms with E-state index in [4.69, 9.17) is 16.3 Å². The van der Waals surface area contributed by atoms with Gasteiger partial charge in [-0.25, -0.2) is 18.4 Å². The number of hydrogen-bond acceptors (Lipinski definition) is 5. The minimum Gasteiger partial charge on any atom is -0.393 e. The van der Waals surface area contributed by atoms with Crippen molar-refractivity contribution in [2.45, 2.75) is 54.0 Å². The Morgan fingerprint density at radius 3 is 2.24 bits per heavy atom. The molecule has 37 heavy (non-hydrogen) atoms. The summed E-state index contributed by atoms with van der Waals surface area (Å²) in [5.74, 6) is 0.235. The predicted molar refractivity (Wildman–Crippen MR) is 148 cm³/mol. The van der Waals surface area contributed by atoms with Gasteiger partial charge in [0.15, 0.2) is 5.82 Å². The van der Waals surface area contributed by atoms with Crippen molar-refractivity contribution in [3.63, 3.8) is 0 Å². The van der Waals surface area contributed by atoms with Gasteiger partial charge >= 0.3 is 5.69 Å². The molecular weight excluding hydrogens is 497 g/mol. The molecule has 1 saturated heterocycles. The zero-order valence-electron chi connectivity index (χ0n) is 22.8. The number of nitrogens with one attached hydrogen (secondary N) is 1. The molecule has 1 amide bonds. The summed E-state index contributed by atoms with van der Waals surface area (Å²) in [5.41, 5.74) is 0.774. The summed E-state index contributed by atoms with van der Waals surface area (Å²) in [6, 6.07) is 5.69. The van der Waals surface area contributed by atoms with Crippen molar-refractivity contribution < 1.29 is 13.9 Å². The highest BCUT2D eigenvalue weighted by Gasteiger charge is 2.24. The second-order valence-corrected chi connectivity index (χ2v) is 8.36. The molecule has 1 aliphatic heterocycles. The molecule has 2 aromatic rings. The molecule has 0 saturated carbocycles. The lowest BCUT2D eigenvalue weighted by atomic mass is 9.97. The summed E-state index contributed by atoms with van der Waals surface area (Å²) < 4.78 is 21.2. The number of hydrogen-bond donors (Lipinski definition) is 1. The molecule has 206 valence electrons. The Labute approximate surface area is 224 Å². The fourth-order valence-electron chi connectivity index (χ4n) is 3.79. The number of halogens is 2. The third kappa shape index (κ3) is 9.48. The average molecular weight is 538 g/mol. The molecule has 0 spiro atoms. The van der Waals surface area contributed by atoms with Crippen LogP contribution in [0.4, 0.5) is 4.39 Å². The van der Waals surface area contributed by atoms with E-state index >= 15 is 0 Å². The summed E-state index contributed by atoms with van der Waals surface area (Å²) in [7, 11) is 1.73. The van der Waals surface area contributed by atoms with Gasteiger partial charge in [0.2, 0.25) is 6.41 Å². The minimum absolute atomic E-state index is 0.237. The second-order valence-electron chi connectivity index (χ2n) is 7.95. The van der Waals surface area contributed by atoms with Crippen LogP contribution in [0.2, 0.25) is 0 Å².